The Labute approximate surface area is 203 Å². The van der Waals surface area contributed by atoms with Crippen LogP contribution in [0.3, 0.4) is 0 Å². The van der Waals surface area contributed by atoms with Crippen molar-refractivity contribution in [2.24, 2.45) is 5.92 Å². The summed E-state index contributed by atoms with van der Waals surface area (Å²) in [5.74, 6) is 2.94. The summed E-state index contributed by atoms with van der Waals surface area (Å²) < 4.78 is 0. The molecule has 2 aliphatic rings. The molecule has 0 bridgehead atoms. The first-order chi connectivity index (χ1) is 16.4. The van der Waals surface area contributed by atoms with Crippen molar-refractivity contribution in [1.82, 2.24) is 20.2 Å². The Hall–Kier alpha value is -2.91. The predicted octanol–water partition coefficient (Wildman–Crippen LogP) is 4.19. The number of Topliss-reactive ketones (excluding diaryl/α,β-unsaturated/α-hetero) is 1. The smallest absolute Gasteiger partial charge is 0.196 e. The number of piperidine rings is 1. The highest BCUT2D eigenvalue weighted by molar-refractivity contribution is 7.99. The van der Waals surface area contributed by atoms with Gasteiger partial charge in [-0.05, 0) is 69.0 Å². The molecular weight excluding hydrogens is 448 g/mol. The van der Waals surface area contributed by atoms with Gasteiger partial charge >= 0.3 is 0 Å². The predicted molar refractivity (Wildman–Crippen MR) is 133 cm³/mol. The SMILES string of the molecule is Cc1cc(Nc2nc(Sc3ccc(CC(=O)C4CC4)cc3)nc(N3CCC(O)CC3)c2C)n[nH]1. The first-order valence-electron chi connectivity index (χ1n) is 11.8. The molecule has 1 aromatic carbocycles. The Bertz CT molecular complexity index is 1170. The molecule has 0 amide bonds. The first-order valence-corrected chi connectivity index (χ1v) is 12.7. The van der Waals surface area contributed by atoms with E-state index in [4.69, 9.17) is 9.97 Å². The molecule has 1 aliphatic carbocycles. The molecule has 2 aromatic heterocycles. The number of aliphatic hydroxyl groups is 1. The van der Waals surface area contributed by atoms with Crippen LogP contribution in [0.4, 0.5) is 17.5 Å². The molecule has 2 fully saturated rings. The zero-order chi connectivity index (χ0) is 23.7. The van der Waals surface area contributed by atoms with E-state index in [1.54, 1.807) is 0 Å². The van der Waals surface area contributed by atoms with E-state index in [0.29, 0.717) is 23.2 Å². The van der Waals surface area contributed by atoms with E-state index < -0.39 is 0 Å². The van der Waals surface area contributed by atoms with Crippen LogP contribution in [-0.4, -0.2) is 50.2 Å². The molecule has 1 saturated heterocycles. The van der Waals surface area contributed by atoms with Gasteiger partial charge in [-0.25, -0.2) is 9.97 Å². The summed E-state index contributed by atoms with van der Waals surface area (Å²) in [7, 11) is 0. The van der Waals surface area contributed by atoms with Gasteiger partial charge in [-0.1, -0.05) is 12.1 Å². The van der Waals surface area contributed by atoms with Gasteiger partial charge in [0.2, 0.25) is 0 Å². The van der Waals surface area contributed by atoms with Crippen molar-refractivity contribution in [3.8, 4) is 0 Å². The average Bonchev–Trinajstić information content (AvgIpc) is 3.60. The normalized spacial score (nSPS) is 16.6. The third kappa shape index (κ3) is 5.42. The quantitative estimate of drug-likeness (QED) is 0.414. The Kier molecular flexibility index (Phi) is 6.56. The number of aromatic amines is 1. The number of carbonyl (C=O) groups is 1. The van der Waals surface area contributed by atoms with Crippen LogP contribution in [0, 0.1) is 19.8 Å². The van der Waals surface area contributed by atoms with Gasteiger partial charge in [-0.3, -0.25) is 9.89 Å². The van der Waals surface area contributed by atoms with Crippen LogP contribution in [0.25, 0.3) is 0 Å². The number of hydrogen-bond donors (Lipinski definition) is 3. The molecule has 5 rings (SSSR count). The fraction of sp³-hybridized carbons (Fsp3) is 0.440. The zero-order valence-corrected chi connectivity index (χ0v) is 20.4. The summed E-state index contributed by atoms with van der Waals surface area (Å²) in [6.45, 7) is 5.49. The molecule has 178 valence electrons. The van der Waals surface area contributed by atoms with Gasteiger partial charge in [0.25, 0.3) is 0 Å². The largest absolute Gasteiger partial charge is 0.393 e. The Balaban J connectivity index is 1.39. The van der Waals surface area contributed by atoms with Crippen LogP contribution in [0.2, 0.25) is 0 Å². The maximum Gasteiger partial charge on any atom is 0.196 e. The first kappa shape index (κ1) is 22.9. The highest BCUT2D eigenvalue weighted by Crippen LogP contribution is 2.34. The van der Waals surface area contributed by atoms with Gasteiger partial charge in [0.15, 0.2) is 11.0 Å². The third-order valence-electron chi connectivity index (χ3n) is 6.36. The lowest BCUT2D eigenvalue weighted by Gasteiger charge is -2.32. The fourth-order valence-electron chi connectivity index (χ4n) is 4.17. The van der Waals surface area contributed by atoms with E-state index in [9.17, 15) is 9.90 Å². The molecule has 34 heavy (non-hydrogen) atoms. The molecule has 3 aromatic rings. The second kappa shape index (κ2) is 9.76. The molecule has 3 N–H and O–H groups in total. The molecule has 8 nitrogen and oxygen atoms in total. The van der Waals surface area contributed by atoms with Gasteiger partial charge in [0, 0.05) is 47.6 Å². The van der Waals surface area contributed by atoms with Gasteiger partial charge in [0.1, 0.15) is 17.4 Å². The zero-order valence-electron chi connectivity index (χ0n) is 19.5. The van der Waals surface area contributed by atoms with Crippen molar-refractivity contribution < 1.29 is 9.90 Å². The molecule has 1 saturated carbocycles. The lowest BCUT2D eigenvalue weighted by molar-refractivity contribution is -0.119. The van der Waals surface area contributed by atoms with Gasteiger partial charge in [-0.2, -0.15) is 5.10 Å². The van der Waals surface area contributed by atoms with E-state index >= 15 is 0 Å². The Morgan fingerprint density at radius 1 is 1.15 bits per heavy atom. The van der Waals surface area contributed by atoms with Gasteiger partial charge < -0.3 is 15.3 Å². The number of hydrogen-bond acceptors (Lipinski definition) is 8. The second-order valence-corrected chi connectivity index (χ2v) is 10.3. The highest BCUT2D eigenvalue weighted by Gasteiger charge is 2.29. The highest BCUT2D eigenvalue weighted by atomic mass is 32.2. The van der Waals surface area contributed by atoms with Crippen molar-refractivity contribution >= 4 is 35.0 Å². The molecule has 0 radical (unpaired) electrons. The number of rotatable bonds is 8. The summed E-state index contributed by atoms with van der Waals surface area (Å²) in [4.78, 5) is 25.1. The Morgan fingerprint density at radius 2 is 1.88 bits per heavy atom. The molecule has 0 spiro atoms. The number of H-pyrrole nitrogens is 1. The minimum Gasteiger partial charge on any atom is -0.393 e. The van der Waals surface area contributed by atoms with Crippen LogP contribution in [0.1, 0.15) is 42.5 Å². The summed E-state index contributed by atoms with van der Waals surface area (Å²) in [5.41, 5.74) is 2.97. The monoisotopic (exact) mass is 478 g/mol. The van der Waals surface area contributed by atoms with Crippen molar-refractivity contribution in [2.45, 2.75) is 62.1 Å². The lowest BCUT2D eigenvalue weighted by Crippen LogP contribution is -2.37. The van der Waals surface area contributed by atoms with E-state index in [-0.39, 0.29) is 12.0 Å². The minimum atomic E-state index is -0.248. The van der Waals surface area contributed by atoms with Crippen LogP contribution >= 0.6 is 11.8 Å². The molecule has 1 aliphatic heterocycles. The standard InChI is InChI=1S/C25H30N6O2S/c1-15-13-22(30-29-15)26-23-16(2)24(31-11-9-19(32)10-12-31)28-25(27-23)34-20-7-3-17(4-8-20)14-21(33)18-5-6-18/h3-4,7-8,13,18-19,32H,5-6,9-12,14H2,1-2H3,(H2,26,27,28,29,30). The maximum absolute atomic E-state index is 12.1. The van der Waals surface area contributed by atoms with Gasteiger partial charge in [-0.15, -0.1) is 0 Å². The average molecular weight is 479 g/mol. The van der Waals surface area contributed by atoms with E-state index in [0.717, 1.165) is 72.1 Å². The van der Waals surface area contributed by atoms with Crippen molar-refractivity contribution in [3.63, 3.8) is 0 Å². The number of nitrogens with zero attached hydrogens (tertiary/aromatic N) is 4. The van der Waals surface area contributed by atoms with Crippen LogP contribution in [-0.2, 0) is 11.2 Å². The number of benzene rings is 1. The van der Waals surface area contributed by atoms with Crippen molar-refractivity contribution in [1.29, 1.82) is 0 Å². The van der Waals surface area contributed by atoms with Crippen LogP contribution in [0.5, 0.6) is 0 Å². The number of aryl methyl sites for hydroxylation is 1. The number of aliphatic hydroxyl groups excluding tert-OH is 1. The van der Waals surface area contributed by atoms with E-state index in [1.165, 1.54) is 11.8 Å². The summed E-state index contributed by atoms with van der Waals surface area (Å²) in [6.07, 6.45) is 3.82. The van der Waals surface area contributed by atoms with Crippen molar-refractivity contribution in [2.75, 3.05) is 23.3 Å². The van der Waals surface area contributed by atoms with Crippen molar-refractivity contribution in [3.05, 3.63) is 47.2 Å². The Morgan fingerprint density at radius 3 is 2.53 bits per heavy atom. The summed E-state index contributed by atoms with van der Waals surface area (Å²) in [5, 5.41) is 21.2. The molecule has 0 unspecified atom stereocenters. The number of aromatic nitrogens is 4. The number of ketones is 1. The molecule has 9 heteroatoms. The topological polar surface area (TPSA) is 107 Å². The second-order valence-electron chi connectivity index (χ2n) is 9.25. The van der Waals surface area contributed by atoms with Crippen LogP contribution < -0.4 is 10.2 Å². The summed E-state index contributed by atoms with van der Waals surface area (Å²) >= 11 is 1.50. The van der Waals surface area contributed by atoms with Gasteiger partial charge in [0.05, 0.1) is 6.10 Å². The maximum atomic E-state index is 12.1. The number of anilines is 3. The molecule has 3 heterocycles. The fourth-order valence-corrected chi connectivity index (χ4v) is 4.92. The molecular formula is C25H30N6O2S. The van der Waals surface area contributed by atoms with E-state index in [2.05, 4.69) is 20.4 Å². The minimum absolute atomic E-state index is 0.248. The van der Waals surface area contributed by atoms with E-state index in [1.807, 2.05) is 44.2 Å². The lowest BCUT2D eigenvalue weighted by atomic mass is 10.1. The third-order valence-corrected chi connectivity index (χ3v) is 7.23. The number of nitrogens with one attached hydrogen (secondary N) is 2. The number of carbonyl (C=O) groups excluding carboxylic acids is 1. The van der Waals surface area contributed by atoms with Crippen LogP contribution in [0.15, 0.2) is 40.4 Å². The summed E-state index contributed by atoms with van der Waals surface area (Å²) in [6, 6.07) is 10.0. The molecule has 0 atom stereocenters.